The van der Waals surface area contributed by atoms with Crippen molar-refractivity contribution in [3.05, 3.63) is 29.3 Å². The lowest BCUT2D eigenvalue weighted by atomic mass is 10.4. The number of anilines is 1. The Balaban J connectivity index is 1.72. The van der Waals surface area contributed by atoms with Crippen LogP contribution in [0, 0.1) is 13.8 Å². The molecule has 18 heavy (non-hydrogen) atoms. The normalized spacial score (nSPS) is 10.6. The number of rotatable bonds is 5. The van der Waals surface area contributed by atoms with Crippen LogP contribution in [0.25, 0.3) is 0 Å². The minimum Gasteiger partial charge on any atom is -0.360 e. The third kappa shape index (κ3) is 3.63. The summed E-state index contributed by atoms with van der Waals surface area (Å²) in [6.07, 6.45) is 0. The fourth-order valence-corrected chi connectivity index (χ4v) is 2.03. The second-order valence-corrected chi connectivity index (χ2v) is 4.78. The van der Waals surface area contributed by atoms with Gasteiger partial charge in [0.15, 0.2) is 5.82 Å². The molecule has 0 unspecified atom stereocenters. The molecule has 0 bridgehead atoms. The van der Waals surface area contributed by atoms with E-state index in [1.54, 1.807) is 13.0 Å². The third-order valence-corrected chi connectivity index (χ3v) is 3.00. The Labute approximate surface area is 108 Å². The van der Waals surface area contributed by atoms with Gasteiger partial charge in [-0.1, -0.05) is 10.3 Å². The molecule has 2 aromatic heterocycles. The standard InChI is InChI=1S/C11H13N3O3S/c1-7-3-9(17-13-7)5-18-6-11(15)12-10-4-8(2)16-14-10/h3-4H,5-6H2,1-2H3,(H,12,14,15). The highest BCUT2D eigenvalue weighted by Gasteiger charge is 2.07. The van der Waals surface area contributed by atoms with Crippen LogP contribution in [0.1, 0.15) is 17.2 Å². The minimum atomic E-state index is -0.121. The molecule has 7 heteroatoms. The van der Waals surface area contributed by atoms with E-state index in [1.165, 1.54) is 11.8 Å². The van der Waals surface area contributed by atoms with Gasteiger partial charge in [0.25, 0.3) is 0 Å². The Morgan fingerprint density at radius 3 is 2.78 bits per heavy atom. The van der Waals surface area contributed by atoms with Gasteiger partial charge in [0, 0.05) is 12.1 Å². The molecule has 0 aliphatic carbocycles. The molecule has 0 aliphatic heterocycles. The Bertz CT molecular complexity index is 535. The average molecular weight is 267 g/mol. The average Bonchev–Trinajstić information content (AvgIpc) is 2.88. The molecule has 1 N–H and O–H groups in total. The van der Waals surface area contributed by atoms with Crippen LogP contribution in [-0.2, 0) is 10.5 Å². The van der Waals surface area contributed by atoms with Crippen LogP contribution in [0.4, 0.5) is 5.82 Å². The monoisotopic (exact) mass is 267 g/mol. The summed E-state index contributed by atoms with van der Waals surface area (Å²) in [5.74, 6) is 2.69. The van der Waals surface area contributed by atoms with Crippen molar-refractivity contribution in [1.29, 1.82) is 0 Å². The van der Waals surface area contributed by atoms with E-state index < -0.39 is 0 Å². The highest BCUT2D eigenvalue weighted by atomic mass is 32.2. The van der Waals surface area contributed by atoms with Gasteiger partial charge in [0.1, 0.15) is 11.5 Å². The van der Waals surface area contributed by atoms with Crippen LogP contribution in [0.5, 0.6) is 0 Å². The number of nitrogens with zero attached hydrogens (tertiary/aromatic N) is 2. The first-order valence-corrected chi connectivity index (χ1v) is 6.52. The minimum absolute atomic E-state index is 0.121. The maximum atomic E-state index is 11.6. The van der Waals surface area contributed by atoms with E-state index in [0.717, 1.165) is 11.5 Å². The number of carbonyl (C=O) groups is 1. The Hall–Kier alpha value is -1.76. The second-order valence-electron chi connectivity index (χ2n) is 3.80. The van der Waals surface area contributed by atoms with Crippen molar-refractivity contribution in [2.45, 2.75) is 19.6 Å². The molecule has 0 aliphatic rings. The zero-order valence-corrected chi connectivity index (χ0v) is 10.9. The van der Waals surface area contributed by atoms with E-state index in [4.69, 9.17) is 9.05 Å². The van der Waals surface area contributed by atoms with E-state index in [0.29, 0.717) is 23.1 Å². The fraction of sp³-hybridized carbons (Fsp3) is 0.364. The van der Waals surface area contributed by atoms with Crippen LogP contribution in [0.3, 0.4) is 0 Å². The van der Waals surface area contributed by atoms with Gasteiger partial charge in [-0.2, -0.15) is 0 Å². The molecule has 0 saturated heterocycles. The third-order valence-electron chi connectivity index (χ3n) is 2.05. The van der Waals surface area contributed by atoms with E-state index in [1.807, 2.05) is 13.0 Å². The summed E-state index contributed by atoms with van der Waals surface area (Å²) in [4.78, 5) is 11.6. The van der Waals surface area contributed by atoms with Crippen LogP contribution in [0.15, 0.2) is 21.2 Å². The molecule has 0 fully saturated rings. The Morgan fingerprint density at radius 2 is 2.17 bits per heavy atom. The zero-order valence-electron chi connectivity index (χ0n) is 10.1. The van der Waals surface area contributed by atoms with E-state index >= 15 is 0 Å². The number of hydrogen-bond donors (Lipinski definition) is 1. The van der Waals surface area contributed by atoms with Crippen molar-refractivity contribution in [2.75, 3.05) is 11.1 Å². The van der Waals surface area contributed by atoms with E-state index in [9.17, 15) is 4.79 Å². The first kappa shape index (κ1) is 12.7. The van der Waals surface area contributed by atoms with Gasteiger partial charge in [-0.25, -0.2) is 0 Å². The van der Waals surface area contributed by atoms with Crippen molar-refractivity contribution in [3.8, 4) is 0 Å². The molecule has 0 spiro atoms. The second kappa shape index (κ2) is 5.72. The molecule has 2 rings (SSSR count). The molecule has 6 nitrogen and oxygen atoms in total. The van der Waals surface area contributed by atoms with Gasteiger partial charge in [0.2, 0.25) is 5.91 Å². The van der Waals surface area contributed by atoms with Crippen molar-refractivity contribution < 1.29 is 13.8 Å². The zero-order chi connectivity index (χ0) is 13.0. The lowest BCUT2D eigenvalue weighted by Gasteiger charge is -1.99. The molecule has 1 amide bonds. The van der Waals surface area contributed by atoms with Crippen molar-refractivity contribution in [1.82, 2.24) is 10.3 Å². The summed E-state index contributed by atoms with van der Waals surface area (Å²) in [5.41, 5.74) is 0.841. The molecule has 0 atom stereocenters. The van der Waals surface area contributed by atoms with Gasteiger partial charge in [0.05, 0.1) is 17.2 Å². The summed E-state index contributed by atoms with van der Waals surface area (Å²) in [7, 11) is 0. The van der Waals surface area contributed by atoms with Crippen molar-refractivity contribution in [2.24, 2.45) is 0 Å². The topological polar surface area (TPSA) is 81.2 Å². The SMILES string of the molecule is Cc1cc(CSCC(=O)Nc2cc(C)on2)on1. The van der Waals surface area contributed by atoms with Crippen LogP contribution < -0.4 is 5.32 Å². The largest absolute Gasteiger partial charge is 0.360 e. The van der Waals surface area contributed by atoms with Crippen LogP contribution in [0.2, 0.25) is 0 Å². The summed E-state index contributed by atoms with van der Waals surface area (Å²) in [5, 5.41) is 10.1. The van der Waals surface area contributed by atoms with Gasteiger partial charge in [-0.3, -0.25) is 4.79 Å². The van der Waals surface area contributed by atoms with Crippen molar-refractivity contribution >= 4 is 23.5 Å². The number of nitrogens with one attached hydrogen (secondary N) is 1. The Morgan fingerprint density at radius 1 is 1.33 bits per heavy atom. The fourth-order valence-electron chi connectivity index (χ4n) is 1.33. The van der Waals surface area contributed by atoms with Gasteiger partial charge < -0.3 is 14.4 Å². The summed E-state index contributed by atoms with van der Waals surface area (Å²) < 4.78 is 9.88. The molecule has 2 aromatic rings. The quantitative estimate of drug-likeness (QED) is 0.894. The smallest absolute Gasteiger partial charge is 0.235 e. The molecule has 96 valence electrons. The van der Waals surface area contributed by atoms with Crippen LogP contribution >= 0.6 is 11.8 Å². The maximum absolute atomic E-state index is 11.6. The number of aromatic nitrogens is 2. The Kier molecular flexibility index (Phi) is 4.03. The summed E-state index contributed by atoms with van der Waals surface area (Å²) in [6.45, 7) is 3.63. The summed E-state index contributed by atoms with van der Waals surface area (Å²) in [6, 6.07) is 3.52. The van der Waals surface area contributed by atoms with E-state index in [2.05, 4.69) is 15.6 Å². The van der Waals surface area contributed by atoms with Gasteiger partial charge in [-0.15, -0.1) is 11.8 Å². The highest BCUT2D eigenvalue weighted by Crippen LogP contribution is 2.14. The number of aryl methyl sites for hydroxylation is 2. The molecular formula is C11H13N3O3S. The first-order chi connectivity index (χ1) is 8.63. The maximum Gasteiger partial charge on any atom is 0.235 e. The lowest BCUT2D eigenvalue weighted by Crippen LogP contribution is -2.14. The number of amides is 1. The molecule has 0 radical (unpaired) electrons. The van der Waals surface area contributed by atoms with Crippen molar-refractivity contribution in [3.63, 3.8) is 0 Å². The molecular weight excluding hydrogens is 254 g/mol. The number of carbonyl (C=O) groups excluding carboxylic acids is 1. The van der Waals surface area contributed by atoms with Gasteiger partial charge >= 0.3 is 0 Å². The number of hydrogen-bond acceptors (Lipinski definition) is 6. The molecule has 0 saturated carbocycles. The predicted molar refractivity (Wildman–Crippen MR) is 67.3 cm³/mol. The first-order valence-electron chi connectivity index (χ1n) is 5.36. The van der Waals surface area contributed by atoms with Gasteiger partial charge in [-0.05, 0) is 13.8 Å². The predicted octanol–water partition coefficient (Wildman–Crippen LogP) is 2.15. The lowest BCUT2D eigenvalue weighted by molar-refractivity contribution is -0.113. The summed E-state index contributed by atoms with van der Waals surface area (Å²) >= 11 is 1.45. The number of thioether (sulfide) groups is 1. The van der Waals surface area contributed by atoms with Crippen LogP contribution in [-0.4, -0.2) is 22.0 Å². The highest BCUT2D eigenvalue weighted by molar-refractivity contribution is 7.99. The molecule has 0 aromatic carbocycles. The molecule has 2 heterocycles. The van der Waals surface area contributed by atoms with E-state index in [-0.39, 0.29) is 5.91 Å².